The van der Waals surface area contributed by atoms with Crippen molar-refractivity contribution in [1.82, 2.24) is 14.8 Å². The predicted octanol–water partition coefficient (Wildman–Crippen LogP) is 1.87. The van der Waals surface area contributed by atoms with E-state index in [1.807, 2.05) is 0 Å². The fourth-order valence-corrected chi connectivity index (χ4v) is 4.89. The molecule has 31 heavy (non-hydrogen) atoms. The molecule has 1 aliphatic carbocycles. The first kappa shape index (κ1) is 19.7. The summed E-state index contributed by atoms with van der Waals surface area (Å²) in [5.41, 5.74) is -2.63. The minimum atomic E-state index is -1.17. The van der Waals surface area contributed by atoms with Gasteiger partial charge in [-0.25, -0.2) is 13.2 Å². The zero-order chi connectivity index (χ0) is 22.1. The molecule has 1 spiro atoms. The highest BCUT2D eigenvalue weighted by molar-refractivity contribution is 5.99. The number of aromatic nitrogens is 1. The molecule has 1 saturated heterocycles. The number of fused-ring (bicyclic) bond motifs is 2. The Morgan fingerprint density at radius 1 is 1.23 bits per heavy atom. The summed E-state index contributed by atoms with van der Waals surface area (Å²) in [6.45, 7) is 0.361. The first-order chi connectivity index (χ1) is 14.7. The average molecular weight is 433 g/mol. The van der Waals surface area contributed by atoms with Gasteiger partial charge in [-0.2, -0.15) is 0 Å². The highest BCUT2D eigenvalue weighted by Crippen LogP contribution is 2.57. The van der Waals surface area contributed by atoms with E-state index in [0.29, 0.717) is 25.2 Å². The fraction of sp³-hybridized carbons (Fsp3) is 0.381. The van der Waals surface area contributed by atoms with Gasteiger partial charge < -0.3 is 19.9 Å². The van der Waals surface area contributed by atoms with Crippen molar-refractivity contribution in [3.05, 3.63) is 62.8 Å². The van der Waals surface area contributed by atoms with Crippen LogP contribution in [0, 0.1) is 23.4 Å². The Labute approximate surface area is 174 Å². The van der Waals surface area contributed by atoms with Crippen molar-refractivity contribution >= 4 is 11.8 Å². The monoisotopic (exact) mass is 433 g/mol. The van der Waals surface area contributed by atoms with Gasteiger partial charge >= 0.3 is 0 Å². The van der Waals surface area contributed by atoms with Crippen LogP contribution in [0.15, 0.2) is 23.1 Å². The van der Waals surface area contributed by atoms with Gasteiger partial charge in [0.2, 0.25) is 5.43 Å². The maximum absolute atomic E-state index is 13.8. The first-order valence-corrected chi connectivity index (χ1v) is 9.93. The zero-order valence-corrected chi connectivity index (χ0v) is 16.3. The number of rotatable bonds is 3. The van der Waals surface area contributed by atoms with Crippen molar-refractivity contribution in [3.63, 3.8) is 0 Å². The third kappa shape index (κ3) is 2.84. The maximum atomic E-state index is 13.8. The van der Waals surface area contributed by atoms with Gasteiger partial charge in [-0.3, -0.25) is 14.4 Å². The quantitative estimate of drug-likeness (QED) is 0.773. The van der Waals surface area contributed by atoms with Gasteiger partial charge in [-0.05, 0) is 25.2 Å². The molecule has 2 bridgehead atoms. The van der Waals surface area contributed by atoms with Crippen LogP contribution < -0.4 is 10.7 Å². The zero-order valence-electron chi connectivity index (χ0n) is 16.3. The molecule has 3 heterocycles. The number of nitrogens with zero attached hydrogens (tertiary/aromatic N) is 2. The molecule has 0 unspecified atom stereocenters. The van der Waals surface area contributed by atoms with Crippen LogP contribution in [-0.2, 0) is 12.1 Å². The third-order valence-corrected chi connectivity index (χ3v) is 6.57. The largest absolute Gasteiger partial charge is 0.503 e. The predicted molar refractivity (Wildman–Crippen MR) is 101 cm³/mol. The first-order valence-electron chi connectivity index (χ1n) is 9.93. The number of hydrogen-bond donors (Lipinski definition) is 2. The minimum absolute atomic E-state index is 0.132. The third-order valence-electron chi connectivity index (χ3n) is 6.57. The Bertz CT molecular complexity index is 1190. The summed E-state index contributed by atoms with van der Waals surface area (Å²) < 4.78 is 42.3. The molecule has 1 aromatic carbocycles. The molecule has 162 valence electrons. The average Bonchev–Trinajstić information content (AvgIpc) is 3.41. The van der Waals surface area contributed by atoms with Gasteiger partial charge in [-0.15, -0.1) is 0 Å². The highest BCUT2D eigenvalue weighted by atomic mass is 19.1. The number of halogens is 3. The number of carbonyl (C=O) groups excluding carboxylic acids is 2. The lowest BCUT2D eigenvalue weighted by molar-refractivity contribution is 0.0650. The van der Waals surface area contributed by atoms with Gasteiger partial charge in [0, 0.05) is 43.5 Å². The van der Waals surface area contributed by atoms with E-state index in [2.05, 4.69) is 5.32 Å². The van der Waals surface area contributed by atoms with Gasteiger partial charge in [0.05, 0.1) is 5.54 Å². The Kier molecular flexibility index (Phi) is 4.18. The molecule has 2 atom stereocenters. The van der Waals surface area contributed by atoms with Crippen LogP contribution in [0.25, 0.3) is 0 Å². The second-order valence-electron chi connectivity index (χ2n) is 8.34. The number of pyridine rings is 1. The molecule has 1 saturated carbocycles. The van der Waals surface area contributed by atoms with Crippen molar-refractivity contribution in [2.75, 3.05) is 13.1 Å². The molecule has 2 fully saturated rings. The van der Waals surface area contributed by atoms with Crippen molar-refractivity contribution < 1.29 is 27.9 Å². The Hall–Kier alpha value is -3.30. The molecule has 1 aromatic heterocycles. The van der Waals surface area contributed by atoms with Crippen molar-refractivity contribution in [3.8, 4) is 5.75 Å². The number of nitrogens with one attached hydrogen (secondary N) is 1. The Morgan fingerprint density at radius 3 is 2.65 bits per heavy atom. The van der Waals surface area contributed by atoms with Crippen molar-refractivity contribution in [1.29, 1.82) is 0 Å². The summed E-state index contributed by atoms with van der Waals surface area (Å²) in [7, 11) is 0. The highest BCUT2D eigenvalue weighted by Gasteiger charge is 2.61. The van der Waals surface area contributed by atoms with Crippen LogP contribution in [0.1, 0.15) is 45.7 Å². The lowest BCUT2D eigenvalue weighted by atomic mass is 10.0. The molecule has 2 N–H and O–H groups in total. The maximum Gasteiger partial charge on any atom is 0.274 e. The normalized spacial score (nSPS) is 23.6. The van der Waals surface area contributed by atoms with Gasteiger partial charge in [-0.1, -0.05) is 0 Å². The van der Waals surface area contributed by atoms with Crippen LogP contribution in [0.3, 0.4) is 0 Å². The molecular formula is C21H18F3N3O4. The molecule has 2 aromatic rings. The number of benzene rings is 1. The minimum Gasteiger partial charge on any atom is -0.503 e. The Morgan fingerprint density at radius 2 is 1.94 bits per heavy atom. The smallest absolute Gasteiger partial charge is 0.274 e. The molecule has 0 radical (unpaired) electrons. The summed E-state index contributed by atoms with van der Waals surface area (Å²) in [5.74, 6) is -5.41. The van der Waals surface area contributed by atoms with E-state index < -0.39 is 63.7 Å². The fourth-order valence-electron chi connectivity index (χ4n) is 4.89. The molecule has 10 heteroatoms. The van der Waals surface area contributed by atoms with E-state index in [4.69, 9.17) is 0 Å². The van der Waals surface area contributed by atoms with Crippen molar-refractivity contribution in [2.24, 2.45) is 5.92 Å². The lowest BCUT2D eigenvalue weighted by Gasteiger charge is -2.36. The van der Waals surface area contributed by atoms with Crippen LogP contribution in [-0.4, -0.2) is 39.5 Å². The van der Waals surface area contributed by atoms with E-state index in [0.717, 1.165) is 19.3 Å². The summed E-state index contributed by atoms with van der Waals surface area (Å²) >= 11 is 0. The van der Waals surface area contributed by atoms with E-state index in [-0.39, 0.29) is 11.6 Å². The molecular weight excluding hydrogens is 415 g/mol. The van der Waals surface area contributed by atoms with E-state index in [9.17, 15) is 32.7 Å². The molecule has 7 nitrogen and oxygen atoms in total. The molecule has 5 rings (SSSR count). The summed E-state index contributed by atoms with van der Waals surface area (Å²) in [4.78, 5) is 39.7. The standard InChI is InChI=1S/C21H18F3N3O4/c22-11-4-14(23)12(15(24)5-11)7-25-19(30)13-8-27-16(18(29)17(13)28)20(31)26-3-1-2-10-6-21(10,27)9-26/h4-5,8,10,29H,1-3,6-7,9H2,(H,25,30)/t10-,21+/m1/s1. The number of amides is 2. The van der Waals surface area contributed by atoms with Crippen LogP contribution in [0.2, 0.25) is 0 Å². The van der Waals surface area contributed by atoms with E-state index in [1.165, 1.54) is 10.8 Å². The number of hydrogen-bond acceptors (Lipinski definition) is 4. The second kappa shape index (κ2) is 6.60. The van der Waals surface area contributed by atoms with E-state index in [1.54, 1.807) is 4.90 Å². The summed E-state index contributed by atoms with van der Waals surface area (Å²) in [5, 5.41) is 12.7. The molecule has 3 aliphatic rings. The second-order valence-corrected chi connectivity index (χ2v) is 8.34. The van der Waals surface area contributed by atoms with Gasteiger partial charge in [0.1, 0.15) is 23.0 Å². The number of carbonyl (C=O) groups is 2. The number of aromatic hydroxyl groups is 1. The van der Waals surface area contributed by atoms with Crippen LogP contribution in [0.4, 0.5) is 13.2 Å². The summed E-state index contributed by atoms with van der Waals surface area (Å²) in [6, 6.07) is 0.972. The topological polar surface area (TPSA) is 91.6 Å². The van der Waals surface area contributed by atoms with Crippen LogP contribution >= 0.6 is 0 Å². The van der Waals surface area contributed by atoms with E-state index >= 15 is 0 Å². The SMILES string of the molecule is O=C(NCc1c(F)cc(F)cc1F)c1cn2c(c(O)c1=O)C(=O)N1CCC[C@@H]3C[C@]32C1. The lowest BCUT2D eigenvalue weighted by Crippen LogP contribution is -2.49. The molecule has 2 amide bonds. The summed E-state index contributed by atoms with van der Waals surface area (Å²) in [6.07, 6.45) is 3.73. The van der Waals surface area contributed by atoms with Crippen LogP contribution in [0.5, 0.6) is 5.75 Å². The Balaban J connectivity index is 1.51. The molecule has 2 aliphatic heterocycles. The van der Waals surface area contributed by atoms with Crippen molar-refractivity contribution in [2.45, 2.75) is 31.3 Å². The van der Waals surface area contributed by atoms with Gasteiger partial charge in [0.15, 0.2) is 11.4 Å². The van der Waals surface area contributed by atoms with Gasteiger partial charge in [0.25, 0.3) is 11.8 Å².